The van der Waals surface area contributed by atoms with Crippen LogP contribution in [-0.4, -0.2) is 19.9 Å². The summed E-state index contributed by atoms with van der Waals surface area (Å²) in [5.74, 6) is 0. The van der Waals surface area contributed by atoms with Crippen molar-refractivity contribution in [1.29, 1.82) is 0 Å². The molecule has 0 saturated carbocycles. The van der Waals surface area contributed by atoms with Crippen molar-refractivity contribution in [3.8, 4) is 0 Å². The molecule has 3 aromatic heterocycles. The first-order valence-corrected chi connectivity index (χ1v) is 17.1. The fraction of sp³-hybridized carbons (Fsp3) is 0.122. The number of aryl methyl sites for hydroxylation is 3. The van der Waals surface area contributed by atoms with Crippen molar-refractivity contribution in [2.24, 2.45) is 21.1 Å². The smallest absolute Gasteiger partial charge is 0.344 e. The van der Waals surface area contributed by atoms with Gasteiger partial charge in [-0.2, -0.15) is 13.2 Å². The number of aromatic nitrogens is 3. The molecule has 6 aromatic carbocycles. The predicted molar refractivity (Wildman–Crippen MR) is 202 cm³/mol. The summed E-state index contributed by atoms with van der Waals surface area (Å²) < 4.78 is 56.1. The van der Waals surface area contributed by atoms with Crippen LogP contribution in [0.1, 0.15) is 16.7 Å². The van der Waals surface area contributed by atoms with Crippen molar-refractivity contribution in [1.82, 2.24) is 13.7 Å². The lowest BCUT2D eigenvalue weighted by molar-refractivity contribution is -0.166. The summed E-state index contributed by atoms with van der Waals surface area (Å²) >= 11 is 19.3. The highest BCUT2D eigenvalue weighted by Gasteiger charge is 2.58. The molecule has 0 atom stereocenters. The third kappa shape index (κ3) is 4.19. The van der Waals surface area contributed by atoms with E-state index in [0.29, 0.717) is 31.2 Å². The number of fused-ring (bicyclic) bond motifs is 9. The van der Waals surface area contributed by atoms with Crippen LogP contribution in [0.2, 0.25) is 15.1 Å². The number of alkyl halides is 3. The first kappa shape index (κ1) is 31.4. The fourth-order valence-corrected chi connectivity index (χ4v) is 8.78. The van der Waals surface area contributed by atoms with Crippen LogP contribution < -0.4 is 0 Å². The van der Waals surface area contributed by atoms with Crippen LogP contribution in [0.25, 0.3) is 65.4 Å². The maximum absolute atomic E-state index is 16.7. The summed E-state index contributed by atoms with van der Waals surface area (Å²) in [7, 11) is 5.73. The summed E-state index contributed by atoms with van der Waals surface area (Å²) in [5, 5.41) is 5.95. The molecule has 9 aromatic rings. The zero-order valence-electron chi connectivity index (χ0n) is 27.0. The van der Waals surface area contributed by atoms with Crippen molar-refractivity contribution in [3.05, 3.63) is 141 Å². The Balaban J connectivity index is 1.45. The van der Waals surface area contributed by atoms with Gasteiger partial charge in [0.25, 0.3) is 0 Å². The Bertz CT molecular complexity index is 2590. The maximum atomic E-state index is 16.7. The molecule has 0 aliphatic rings. The van der Waals surface area contributed by atoms with E-state index in [-0.39, 0.29) is 16.7 Å². The predicted octanol–water partition coefficient (Wildman–Crippen LogP) is 12.5. The van der Waals surface area contributed by atoms with Gasteiger partial charge in [-0.05, 0) is 108 Å². The van der Waals surface area contributed by atoms with E-state index in [9.17, 15) is 0 Å². The van der Waals surface area contributed by atoms with Crippen molar-refractivity contribution < 1.29 is 13.2 Å². The van der Waals surface area contributed by atoms with Gasteiger partial charge in [-0.1, -0.05) is 53.0 Å². The second-order valence-electron chi connectivity index (χ2n) is 13.1. The van der Waals surface area contributed by atoms with Gasteiger partial charge in [0.2, 0.25) is 0 Å². The van der Waals surface area contributed by atoms with E-state index in [1.54, 1.807) is 72.8 Å². The minimum absolute atomic E-state index is 0.0974. The standard InChI is InChI=1S/C41H27Cl3F3N3/c1-48-34-10-4-22(16-28(34)31-19-25(42)7-13-37(31)48)40(41(45,46)47,23-5-11-35-29(17-23)32-20-26(43)8-14-38(32)49(35)2)24-6-12-36-30(18-24)33-21-27(44)9-15-39(33)50(36)3/h4-21H,1-3H3. The molecular weight excluding hydrogens is 698 g/mol. The van der Waals surface area contributed by atoms with E-state index in [2.05, 4.69) is 0 Å². The van der Waals surface area contributed by atoms with Gasteiger partial charge in [0.1, 0.15) is 5.41 Å². The highest BCUT2D eigenvalue weighted by atomic mass is 35.5. The van der Waals surface area contributed by atoms with Crippen LogP contribution in [0.5, 0.6) is 0 Å². The maximum Gasteiger partial charge on any atom is 0.406 e. The molecule has 0 N–H and O–H groups in total. The molecular formula is C41H27Cl3F3N3. The number of nitrogens with zero attached hydrogens (tertiary/aromatic N) is 3. The van der Waals surface area contributed by atoms with Gasteiger partial charge in [-0.25, -0.2) is 0 Å². The van der Waals surface area contributed by atoms with Gasteiger partial charge < -0.3 is 13.7 Å². The molecule has 9 rings (SSSR count). The normalized spacial score (nSPS) is 12.9. The average molecular weight is 725 g/mol. The van der Waals surface area contributed by atoms with E-state index in [4.69, 9.17) is 34.8 Å². The van der Waals surface area contributed by atoms with E-state index >= 15 is 13.2 Å². The molecule has 3 nitrogen and oxygen atoms in total. The average Bonchev–Trinajstić information content (AvgIpc) is 3.64. The van der Waals surface area contributed by atoms with E-state index in [0.717, 1.165) is 49.3 Å². The summed E-state index contributed by atoms with van der Waals surface area (Å²) in [6.45, 7) is 0. The molecule has 0 spiro atoms. The Hall–Kier alpha value is -4.62. The van der Waals surface area contributed by atoms with Gasteiger partial charge in [0, 0.05) is 102 Å². The minimum Gasteiger partial charge on any atom is -0.344 e. The Morgan fingerprint density at radius 3 is 0.880 bits per heavy atom. The van der Waals surface area contributed by atoms with Crippen molar-refractivity contribution >= 4 is 100 Å². The van der Waals surface area contributed by atoms with Crippen LogP contribution >= 0.6 is 34.8 Å². The number of halogens is 6. The third-order valence-electron chi connectivity index (χ3n) is 10.6. The Labute approximate surface area is 299 Å². The molecule has 0 radical (unpaired) electrons. The summed E-state index contributed by atoms with van der Waals surface area (Å²) in [5.41, 5.74) is 2.76. The molecule has 0 aliphatic carbocycles. The Morgan fingerprint density at radius 2 is 0.620 bits per heavy atom. The first-order chi connectivity index (χ1) is 23.9. The molecule has 3 heterocycles. The highest BCUT2D eigenvalue weighted by Crippen LogP contribution is 2.54. The van der Waals surface area contributed by atoms with E-state index < -0.39 is 11.6 Å². The van der Waals surface area contributed by atoms with E-state index in [1.807, 2.05) is 71.2 Å². The van der Waals surface area contributed by atoms with Crippen LogP contribution in [0.4, 0.5) is 13.2 Å². The molecule has 50 heavy (non-hydrogen) atoms. The summed E-state index contributed by atoms with van der Waals surface area (Å²) in [4.78, 5) is 0. The molecule has 0 fully saturated rings. The van der Waals surface area contributed by atoms with Gasteiger partial charge in [-0.3, -0.25) is 0 Å². The Kier molecular flexibility index (Phi) is 6.71. The highest BCUT2D eigenvalue weighted by molar-refractivity contribution is 6.33. The zero-order chi connectivity index (χ0) is 34.9. The largest absolute Gasteiger partial charge is 0.406 e. The van der Waals surface area contributed by atoms with Gasteiger partial charge >= 0.3 is 6.18 Å². The SMILES string of the molecule is Cn1c2ccc(Cl)cc2c2cc(C(c3ccc4c(c3)c3cc(Cl)ccc3n4C)(c3ccc4c(c3)c3cc(Cl)ccc3n4C)C(F)(F)F)ccc21. The minimum atomic E-state index is -4.78. The number of rotatable bonds is 3. The van der Waals surface area contributed by atoms with Crippen LogP contribution in [0.3, 0.4) is 0 Å². The molecule has 0 unspecified atom stereocenters. The van der Waals surface area contributed by atoms with Crippen molar-refractivity contribution in [2.75, 3.05) is 0 Å². The summed E-state index contributed by atoms with van der Waals surface area (Å²) in [6.07, 6.45) is -4.78. The van der Waals surface area contributed by atoms with Gasteiger partial charge in [-0.15, -0.1) is 0 Å². The van der Waals surface area contributed by atoms with Crippen LogP contribution in [0, 0.1) is 0 Å². The van der Waals surface area contributed by atoms with Gasteiger partial charge in [0.15, 0.2) is 0 Å². The van der Waals surface area contributed by atoms with Crippen LogP contribution in [-0.2, 0) is 26.6 Å². The van der Waals surface area contributed by atoms with Crippen molar-refractivity contribution in [2.45, 2.75) is 11.6 Å². The second kappa shape index (κ2) is 10.7. The monoisotopic (exact) mass is 723 g/mol. The Morgan fingerprint density at radius 1 is 0.380 bits per heavy atom. The lowest BCUT2D eigenvalue weighted by Crippen LogP contribution is -2.44. The fourth-order valence-electron chi connectivity index (χ4n) is 8.26. The molecule has 0 bridgehead atoms. The van der Waals surface area contributed by atoms with Crippen molar-refractivity contribution in [3.63, 3.8) is 0 Å². The quantitative estimate of drug-likeness (QED) is 0.161. The lowest BCUT2D eigenvalue weighted by Gasteiger charge is -2.38. The first-order valence-electron chi connectivity index (χ1n) is 16.0. The molecule has 9 heteroatoms. The molecule has 0 saturated heterocycles. The molecule has 0 amide bonds. The number of benzene rings is 6. The number of hydrogen-bond acceptors (Lipinski definition) is 0. The third-order valence-corrected chi connectivity index (χ3v) is 11.3. The van der Waals surface area contributed by atoms with E-state index in [1.165, 1.54) is 0 Å². The number of hydrogen-bond donors (Lipinski definition) is 0. The topological polar surface area (TPSA) is 14.8 Å². The second-order valence-corrected chi connectivity index (χ2v) is 14.4. The lowest BCUT2D eigenvalue weighted by atomic mass is 9.68. The summed E-state index contributed by atoms with van der Waals surface area (Å²) in [6, 6.07) is 31.8. The zero-order valence-corrected chi connectivity index (χ0v) is 29.3. The molecule has 248 valence electrons. The van der Waals surface area contributed by atoms with Gasteiger partial charge in [0.05, 0.1) is 0 Å². The molecule has 0 aliphatic heterocycles. The van der Waals surface area contributed by atoms with Crippen LogP contribution in [0.15, 0.2) is 109 Å².